The maximum atomic E-state index is 13.7. The molecule has 17 heavy (non-hydrogen) atoms. The van der Waals surface area contributed by atoms with Crippen LogP contribution in [0.3, 0.4) is 0 Å². The summed E-state index contributed by atoms with van der Waals surface area (Å²) in [6, 6.07) is 4.41. The maximum Gasteiger partial charge on any atom is 0.257 e. The summed E-state index contributed by atoms with van der Waals surface area (Å²) < 4.78 is 13.7. The highest BCUT2D eigenvalue weighted by molar-refractivity contribution is 5.95. The zero-order valence-corrected chi connectivity index (χ0v) is 9.95. The Hall–Kier alpha value is -1.58. The zero-order valence-electron chi connectivity index (χ0n) is 9.95. The van der Waals surface area contributed by atoms with Gasteiger partial charge in [-0.2, -0.15) is 0 Å². The smallest absolute Gasteiger partial charge is 0.257 e. The standard InChI is InChI=1S/C13H17FN2O/c1-9-4-2-3-7-16(9)13(17)11-6-5-10(15)8-12(11)14/h5-6,8-9H,2-4,7,15H2,1H3. The molecule has 0 bridgehead atoms. The van der Waals surface area contributed by atoms with E-state index in [-0.39, 0.29) is 17.5 Å². The highest BCUT2D eigenvalue weighted by atomic mass is 19.1. The van der Waals surface area contributed by atoms with E-state index in [4.69, 9.17) is 5.73 Å². The largest absolute Gasteiger partial charge is 0.399 e. The molecular weight excluding hydrogens is 219 g/mol. The molecule has 2 N–H and O–H groups in total. The number of likely N-dealkylation sites (tertiary alicyclic amines) is 1. The van der Waals surface area contributed by atoms with Crippen LogP contribution in [0.2, 0.25) is 0 Å². The van der Waals surface area contributed by atoms with Gasteiger partial charge in [0, 0.05) is 18.3 Å². The van der Waals surface area contributed by atoms with Crippen LogP contribution in [-0.4, -0.2) is 23.4 Å². The van der Waals surface area contributed by atoms with Crippen LogP contribution in [0.5, 0.6) is 0 Å². The summed E-state index contributed by atoms with van der Waals surface area (Å²) in [5.74, 6) is -0.762. The lowest BCUT2D eigenvalue weighted by Gasteiger charge is -2.33. The Morgan fingerprint density at radius 1 is 1.47 bits per heavy atom. The lowest BCUT2D eigenvalue weighted by molar-refractivity contribution is 0.0631. The number of benzene rings is 1. The van der Waals surface area contributed by atoms with Gasteiger partial charge in [-0.3, -0.25) is 4.79 Å². The molecule has 1 unspecified atom stereocenters. The molecule has 1 aliphatic rings. The Bertz CT molecular complexity index is 433. The molecule has 2 rings (SSSR count). The summed E-state index contributed by atoms with van der Waals surface area (Å²) >= 11 is 0. The van der Waals surface area contributed by atoms with Gasteiger partial charge in [0.15, 0.2) is 0 Å². The van der Waals surface area contributed by atoms with Crippen molar-refractivity contribution in [1.82, 2.24) is 4.90 Å². The average Bonchev–Trinajstić information content (AvgIpc) is 2.29. The number of hydrogen-bond acceptors (Lipinski definition) is 2. The molecule has 1 heterocycles. The van der Waals surface area contributed by atoms with E-state index in [9.17, 15) is 9.18 Å². The van der Waals surface area contributed by atoms with E-state index in [2.05, 4.69) is 0 Å². The van der Waals surface area contributed by atoms with Crippen molar-refractivity contribution in [1.29, 1.82) is 0 Å². The van der Waals surface area contributed by atoms with E-state index >= 15 is 0 Å². The van der Waals surface area contributed by atoms with Crippen LogP contribution in [0.4, 0.5) is 10.1 Å². The Balaban J connectivity index is 2.24. The van der Waals surface area contributed by atoms with Crippen LogP contribution in [0, 0.1) is 5.82 Å². The first-order valence-electron chi connectivity index (χ1n) is 5.95. The number of rotatable bonds is 1. The van der Waals surface area contributed by atoms with Crippen molar-refractivity contribution in [3.63, 3.8) is 0 Å². The molecule has 0 saturated carbocycles. The van der Waals surface area contributed by atoms with E-state index in [1.54, 1.807) is 11.0 Å². The molecule has 1 aromatic rings. The molecule has 3 nitrogen and oxygen atoms in total. The number of carbonyl (C=O) groups excluding carboxylic acids is 1. The van der Waals surface area contributed by atoms with E-state index in [0.29, 0.717) is 12.2 Å². The number of halogens is 1. The Kier molecular flexibility index (Phi) is 3.31. The van der Waals surface area contributed by atoms with Crippen molar-refractivity contribution in [3.05, 3.63) is 29.6 Å². The van der Waals surface area contributed by atoms with Gasteiger partial charge >= 0.3 is 0 Å². The fourth-order valence-electron chi connectivity index (χ4n) is 2.26. The number of amides is 1. The van der Waals surface area contributed by atoms with Crippen LogP contribution in [0.25, 0.3) is 0 Å². The van der Waals surface area contributed by atoms with Crippen molar-refractivity contribution in [2.24, 2.45) is 0 Å². The second kappa shape index (κ2) is 4.73. The second-order valence-electron chi connectivity index (χ2n) is 4.58. The summed E-state index contributed by atoms with van der Waals surface area (Å²) in [4.78, 5) is 13.9. The highest BCUT2D eigenvalue weighted by Crippen LogP contribution is 2.21. The fourth-order valence-corrected chi connectivity index (χ4v) is 2.26. The van der Waals surface area contributed by atoms with Gasteiger partial charge in [0.2, 0.25) is 0 Å². The fraction of sp³-hybridized carbons (Fsp3) is 0.462. The lowest BCUT2D eigenvalue weighted by atomic mass is 10.0. The zero-order chi connectivity index (χ0) is 12.4. The van der Waals surface area contributed by atoms with Crippen molar-refractivity contribution < 1.29 is 9.18 Å². The topological polar surface area (TPSA) is 46.3 Å². The van der Waals surface area contributed by atoms with Crippen molar-refractivity contribution in [3.8, 4) is 0 Å². The van der Waals surface area contributed by atoms with E-state index < -0.39 is 5.82 Å². The highest BCUT2D eigenvalue weighted by Gasteiger charge is 2.25. The van der Waals surface area contributed by atoms with Gasteiger partial charge in [-0.15, -0.1) is 0 Å². The molecule has 1 amide bonds. The molecule has 1 atom stereocenters. The molecule has 4 heteroatoms. The molecule has 0 spiro atoms. The number of nitrogen functional groups attached to an aromatic ring is 1. The minimum Gasteiger partial charge on any atom is -0.399 e. The minimum absolute atomic E-state index is 0.118. The van der Waals surface area contributed by atoms with E-state index in [1.165, 1.54) is 12.1 Å². The van der Waals surface area contributed by atoms with Crippen LogP contribution < -0.4 is 5.73 Å². The lowest BCUT2D eigenvalue weighted by Crippen LogP contribution is -2.42. The van der Waals surface area contributed by atoms with Gasteiger partial charge in [0.25, 0.3) is 5.91 Å². The average molecular weight is 236 g/mol. The van der Waals surface area contributed by atoms with Gasteiger partial charge in [0.1, 0.15) is 5.82 Å². The first-order chi connectivity index (χ1) is 8.09. The van der Waals surface area contributed by atoms with Gasteiger partial charge in [0.05, 0.1) is 5.56 Å². The van der Waals surface area contributed by atoms with Gasteiger partial charge in [-0.05, 0) is 44.4 Å². The van der Waals surface area contributed by atoms with Crippen molar-refractivity contribution in [2.45, 2.75) is 32.2 Å². The predicted octanol–water partition coefficient (Wildman–Crippen LogP) is 2.42. The van der Waals surface area contributed by atoms with E-state index in [0.717, 1.165) is 19.3 Å². The Morgan fingerprint density at radius 2 is 2.24 bits per heavy atom. The number of hydrogen-bond donors (Lipinski definition) is 1. The predicted molar refractivity (Wildman–Crippen MR) is 65.2 cm³/mol. The van der Waals surface area contributed by atoms with Crippen molar-refractivity contribution in [2.75, 3.05) is 12.3 Å². The molecule has 0 aromatic heterocycles. The normalized spacial score (nSPS) is 20.4. The van der Waals surface area contributed by atoms with E-state index in [1.807, 2.05) is 6.92 Å². The van der Waals surface area contributed by atoms with Crippen molar-refractivity contribution >= 4 is 11.6 Å². The van der Waals surface area contributed by atoms with Crippen LogP contribution in [-0.2, 0) is 0 Å². The number of carbonyl (C=O) groups is 1. The molecule has 1 saturated heterocycles. The first kappa shape index (κ1) is 11.9. The third kappa shape index (κ3) is 2.40. The molecule has 1 aliphatic heterocycles. The molecule has 92 valence electrons. The monoisotopic (exact) mass is 236 g/mol. The Morgan fingerprint density at radius 3 is 2.88 bits per heavy atom. The van der Waals surface area contributed by atoms with Gasteiger partial charge in [-0.25, -0.2) is 4.39 Å². The second-order valence-corrected chi connectivity index (χ2v) is 4.58. The summed E-state index contributed by atoms with van der Waals surface area (Å²) in [5.41, 5.74) is 5.93. The Labute approximate surface area is 100 Å². The summed E-state index contributed by atoms with van der Waals surface area (Å²) in [6.45, 7) is 2.72. The van der Waals surface area contributed by atoms with Gasteiger partial charge < -0.3 is 10.6 Å². The quantitative estimate of drug-likeness (QED) is 0.761. The maximum absolute atomic E-state index is 13.7. The number of nitrogens with zero attached hydrogens (tertiary/aromatic N) is 1. The third-order valence-electron chi connectivity index (χ3n) is 3.29. The summed E-state index contributed by atoms with van der Waals surface area (Å²) in [7, 11) is 0. The minimum atomic E-state index is -0.534. The molecule has 0 radical (unpaired) electrons. The van der Waals surface area contributed by atoms with Crippen LogP contribution in [0.1, 0.15) is 36.5 Å². The SMILES string of the molecule is CC1CCCCN1C(=O)c1ccc(N)cc1F. The third-order valence-corrected chi connectivity index (χ3v) is 3.29. The number of piperidine rings is 1. The summed E-state index contributed by atoms with van der Waals surface area (Å²) in [6.07, 6.45) is 3.12. The molecular formula is C13H17FN2O. The summed E-state index contributed by atoms with van der Waals surface area (Å²) in [5, 5.41) is 0. The van der Waals surface area contributed by atoms with Crippen LogP contribution in [0.15, 0.2) is 18.2 Å². The molecule has 1 fully saturated rings. The molecule has 0 aliphatic carbocycles. The number of nitrogens with two attached hydrogens (primary N) is 1. The number of anilines is 1. The molecule has 1 aromatic carbocycles. The van der Waals surface area contributed by atoms with Crippen LogP contribution >= 0.6 is 0 Å². The van der Waals surface area contributed by atoms with Gasteiger partial charge in [-0.1, -0.05) is 0 Å². The first-order valence-corrected chi connectivity index (χ1v) is 5.95.